The molecule has 3 aromatic rings. The molecule has 2 N–H and O–H groups in total. The summed E-state index contributed by atoms with van der Waals surface area (Å²) in [5, 5.41) is 3.81. The van der Waals surface area contributed by atoms with Gasteiger partial charge in [0.15, 0.2) is 11.6 Å². The summed E-state index contributed by atoms with van der Waals surface area (Å²) in [5.41, 5.74) is 3.86. The van der Waals surface area contributed by atoms with Crippen LogP contribution in [0.5, 0.6) is 5.75 Å². The maximum atomic E-state index is 15.6. The third kappa shape index (κ3) is 6.58. The van der Waals surface area contributed by atoms with E-state index in [1.165, 1.54) is 10.5 Å². The van der Waals surface area contributed by atoms with Crippen molar-refractivity contribution < 1.29 is 13.9 Å². The molecule has 222 valence electrons. The third-order valence-electron chi connectivity index (χ3n) is 7.94. The standard InChI is InChI=1S/C33H41FN6O2/c1-6-39-16-18-40(19-17-39)21-24-9-11-25(12-10-24)37-32-29(33(41)38(4)5)31(22(2)8-7-15-35-32)42-28-14-13-27-26(30(28)34)20-23(3)36-27/h7,9-15,20,22,36H,6,8,16-19,21H2,1-5H3,(H,35,37)/b15-7+,31-29?. The molecule has 0 spiro atoms. The topological polar surface area (TPSA) is 76.2 Å². The molecule has 42 heavy (non-hydrogen) atoms. The lowest BCUT2D eigenvalue weighted by atomic mass is 9.98. The number of benzene rings is 2. The molecule has 1 saturated heterocycles. The molecule has 1 atom stereocenters. The lowest BCUT2D eigenvalue weighted by molar-refractivity contribution is -0.124. The number of allylic oxidation sites excluding steroid dienone is 2. The number of aromatic nitrogens is 1. The zero-order valence-corrected chi connectivity index (χ0v) is 25.2. The van der Waals surface area contributed by atoms with E-state index in [-0.39, 0.29) is 23.1 Å². The van der Waals surface area contributed by atoms with Gasteiger partial charge < -0.3 is 24.8 Å². The van der Waals surface area contributed by atoms with Crippen LogP contribution in [0.3, 0.4) is 0 Å². The number of halogens is 1. The molecule has 0 aliphatic carbocycles. The minimum absolute atomic E-state index is 0.0698. The van der Waals surface area contributed by atoms with Crippen molar-refractivity contribution in [3.8, 4) is 5.75 Å². The molecule has 8 nitrogen and oxygen atoms in total. The fourth-order valence-electron chi connectivity index (χ4n) is 5.44. The molecule has 0 saturated carbocycles. The molecular weight excluding hydrogens is 531 g/mol. The number of hydrogen-bond acceptors (Lipinski definition) is 6. The average Bonchev–Trinajstić information content (AvgIpc) is 3.37. The van der Waals surface area contributed by atoms with Crippen molar-refractivity contribution in [3.63, 3.8) is 0 Å². The second-order valence-corrected chi connectivity index (χ2v) is 11.4. The number of fused-ring (bicyclic) bond motifs is 1. The first-order valence-electron chi connectivity index (χ1n) is 14.7. The van der Waals surface area contributed by atoms with Gasteiger partial charge in [0.05, 0.1) is 0 Å². The maximum absolute atomic E-state index is 15.6. The lowest BCUT2D eigenvalue weighted by Crippen LogP contribution is -2.45. The molecule has 1 fully saturated rings. The second-order valence-electron chi connectivity index (χ2n) is 11.4. The summed E-state index contributed by atoms with van der Waals surface area (Å²) in [4.78, 5) is 27.9. The number of aryl methyl sites for hydroxylation is 1. The lowest BCUT2D eigenvalue weighted by Gasteiger charge is -2.34. The molecule has 1 amide bonds. The van der Waals surface area contributed by atoms with Crippen LogP contribution < -0.4 is 10.1 Å². The molecule has 0 bridgehead atoms. The minimum Gasteiger partial charge on any atom is -0.457 e. The second kappa shape index (κ2) is 12.9. The normalized spacial score (nSPS) is 19.3. The monoisotopic (exact) mass is 572 g/mol. The van der Waals surface area contributed by atoms with Gasteiger partial charge in [-0.2, -0.15) is 0 Å². The van der Waals surface area contributed by atoms with Gasteiger partial charge in [-0.05, 0) is 55.8 Å². The van der Waals surface area contributed by atoms with Crippen LogP contribution in [0.4, 0.5) is 10.1 Å². The van der Waals surface area contributed by atoms with Crippen LogP contribution in [-0.2, 0) is 11.3 Å². The fraction of sp³-hybridized carbons (Fsp3) is 0.394. The number of nitrogens with zero attached hydrogens (tertiary/aromatic N) is 4. The van der Waals surface area contributed by atoms with Crippen LogP contribution in [0, 0.1) is 18.7 Å². The Morgan fingerprint density at radius 2 is 1.83 bits per heavy atom. The Balaban J connectivity index is 1.44. The van der Waals surface area contributed by atoms with Gasteiger partial charge in [-0.3, -0.25) is 9.69 Å². The van der Waals surface area contributed by atoms with E-state index in [0.29, 0.717) is 28.9 Å². The van der Waals surface area contributed by atoms with Crippen molar-refractivity contribution in [2.75, 3.05) is 52.1 Å². The van der Waals surface area contributed by atoms with Gasteiger partial charge in [-0.1, -0.05) is 32.1 Å². The van der Waals surface area contributed by atoms with Crippen molar-refractivity contribution >= 4 is 28.3 Å². The average molecular weight is 573 g/mol. The number of amides is 1. The maximum Gasteiger partial charge on any atom is 0.260 e. The van der Waals surface area contributed by atoms with Crippen LogP contribution in [-0.4, -0.2) is 78.2 Å². The Kier molecular flexibility index (Phi) is 9.09. The molecule has 1 aromatic heterocycles. The van der Waals surface area contributed by atoms with E-state index in [0.717, 1.165) is 50.6 Å². The number of hydrogen-bond donors (Lipinski definition) is 2. The molecule has 3 heterocycles. The van der Waals surface area contributed by atoms with Crippen molar-refractivity contribution in [1.29, 1.82) is 0 Å². The number of rotatable bonds is 7. The van der Waals surface area contributed by atoms with E-state index in [2.05, 4.69) is 44.1 Å². The highest BCUT2D eigenvalue weighted by molar-refractivity contribution is 6.25. The van der Waals surface area contributed by atoms with Crippen molar-refractivity contribution in [2.45, 2.75) is 33.7 Å². The van der Waals surface area contributed by atoms with E-state index < -0.39 is 5.82 Å². The Morgan fingerprint density at radius 3 is 2.52 bits per heavy atom. The van der Waals surface area contributed by atoms with Crippen LogP contribution in [0.15, 0.2) is 71.1 Å². The number of amidine groups is 1. The molecule has 1 unspecified atom stereocenters. The Bertz CT molecular complexity index is 1510. The Labute approximate surface area is 247 Å². The van der Waals surface area contributed by atoms with Gasteiger partial charge in [0.25, 0.3) is 5.91 Å². The first-order valence-corrected chi connectivity index (χ1v) is 14.7. The summed E-state index contributed by atoms with van der Waals surface area (Å²) < 4.78 is 21.9. The molecule has 2 aliphatic rings. The molecule has 2 aromatic carbocycles. The van der Waals surface area contributed by atoms with Gasteiger partial charge in [0.2, 0.25) is 0 Å². The summed E-state index contributed by atoms with van der Waals surface area (Å²) in [6.45, 7) is 12.4. The zero-order valence-electron chi connectivity index (χ0n) is 25.2. The number of carbonyl (C=O) groups is 1. The van der Waals surface area contributed by atoms with Gasteiger partial charge in [-0.25, -0.2) is 9.38 Å². The highest BCUT2D eigenvalue weighted by Gasteiger charge is 2.29. The van der Waals surface area contributed by atoms with Gasteiger partial charge in [0, 0.05) is 81.2 Å². The highest BCUT2D eigenvalue weighted by Crippen LogP contribution is 2.32. The van der Waals surface area contributed by atoms with Gasteiger partial charge in [0.1, 0.15) is 17.2 Å². The Hall–Kier alpha value is -3.95. The predicted molar refractivity (Wildman–Crippen MR) is 167 cm³/mol. The fourth-order valence-corrected chi connectivity index (χ4v) is 5.44. The largest absolute Gasteiger partial charge is 0.457 e. The smallest absolute Gasteiger partial charge is 0.260 e. The zero-order chi connectivity index (χ0) is 29.8. The SMILES string of the molecule is CCN1CCN(Cc2ccc(NC3=N/C=C/CC(C)C(Oc4ccc5[nH]c(C)cc5c4F)=C3C(=O)N(C)C)cc2)CC1. The minimum atomic E-state index is -0.469. The van der Waals surface area contributed by atoms with E-state index >= 15 is 4.39 Å². The number of likely N-dealkylation sites (N-methyl/N-ethyl adjacent to an activating group) is 2. The summed E-state index contributed by atoms with van der Waals surface area (Å²) in [6.07, 6.45) is 4.23. The van der Waals surface area contributed by atoms with Crippen LogP contribution in [0.25, 0.3) is 10.9 Å². The summed E-state index contributed by atoms with van der Waals surface area (Å²) >= 11 is 0. The van der Waals surface area contributed by atoms with Gasteiger partial charge in [-0.15, -0.1) is 0 Å². The van der Waals surface area contributed by atoms with E-state index in [9.17, 15) is 4.79 Å². The number of piperazine rings is 1. The number of anilines is 1. The molecule has 5 rings (SSSR count). The van der Waals surface area contributed by atoms with E-state index in [1.807, 2.05) is 32.1 Å². The van der Waals surface area contributed by atoms with E-state index in [4.69, 9.17) is 4.74 Å². The van der Waals surface area contributed by atoms with Gasteiger partial charge >= 0.3 is 0 Å². The Morgan fingerprint density at radius 1 is 1.12 bits per heavy atom. The van der Waals surface area contributed by atoms with Crippen molar-refractivity contribution in [3.05, 3.63) is 83.1 Å². The first-order chi connectivity index (χ1) is 20.2. The molecular formula is C33H41FN6O2. The highest BCUT2D eigenvalue weighted by atomic mass is 19.1. The van der Waals surface area contributed by atoms with Crippen LogP contribution in [0.1, 0.15) is 31.5 Å². The number of carbonyl (C=O) groups excluding carboxylic acids is 1. The number of aliphatic imine (C=N–C) groups is 1. The molecule has 0 radical (unpaired) electrons. The number of nitrogens with one attached hydrogen (secondary N) is 2. The quantitative estimate of drug-likeness (QED) is 0.389. The number of H-pyrrole nitrogens is 1. The van der Waals surface area contributed by atoms with Crippen molar-refractivity contribution in [1.82, 2.24) is 19.7 Å². The van der Waals surface area contributed by atoms with Crippen LogP contribution >= 0.6 is 0 Å². The molecule has 2 aliphatic heterocycles. The number of aromatic amines is 1. The van der Waals surface area contributed by atoms with Crippen molar-refractivity contribution in [2.24, 2.45) is 10.9 Å². The van der Waals surface area contributed by atoms with E-state index in [1.54, 1.807) is 38.5 Å². The molecule has 9 heteroatoms. The number of ether oxygens (including phenoxy) is 1. The summed E-state index contributed by atoms with van der Waals surface area (Å²) in [6, 6.07) is 13.4. The predicted octanol–water partition coefficient (Wildman–Crippen LogP) is 5.54. The first kappa shape index (κ1) is 29.5. The third-order valence-corrected chi connectivity index (χ3v) is 7.94. The summed E-state index contributed by atoms with van der Waals surface area (Å²) in [5.74, 6) is -0.151. The summed E-state index contributed by atoms with van der Waals surface area (Å²) in [7, 11) is 3.38. The van der Waals surface area contributed by atoms with Crippen LogP contribution in [0.2, 0.25) is 0 Å².